The largest absolute Gasteiger partial charge is 0.307 e. The average Bonchev–Trinajstić information content (AvgIpc) is 2.97. The highest BCUT2D eigenvalue weighted by atomic mass is 32.1. The summed E-state index contributed by atoms with van der Waals surface area (Å²) in [5.41, 5.74) is 0. The van der Waals surface area contributed by atoms with Crippen LogP contribution in [0.4, 0.5) is 0 Å². The summed E-state index contributed by atoms with van der Waals surface area (Å²) in [6.45, 7) is 8.18. The molecule has 0 saturated heterocycles. The van der Waals surface area contributed by atoms with E-state index in [4.69, 9.17) is 0 Å². The van der Waals surface area contributed by atoms with Crippen LogP contribution in [0.5, 0.6) is 0 Å². The van der Waals surface area contributed by atoms with Gasteiger partial charge in [0, 0.05) is 4.88 Å². The Balaban J connectivity index is 2.02. The van der Waals surface area contributed by atoms with Crippen LogP contribution in [-0.2, 0) is 6.54 Å². The van der Waals surface area contributed by atoms with Crippen LogP contribution in [0.1, 0.15) is 37.5 Å². The molecule has 2 heterocycles. The number of aromatic nitrogens is 4. The van der Waals surface area contributed by atoms with Crippen molar-refractivity contribution in [3.8, 4) is 0 Å². The van der Waals surface area contributed by atoms with Gasteiger partial charge < -0.3 is 5.32 Å². The quantitative estimate of drug-likeness (QED) is 0.869. The first kappa shape index (κ1) is 13.2. The van der Waals surface area contributed by atoms with Gasteiger partial charge in [-0.2, -0.15) is 0 Å². The summed E-state index contributed by atoms with van der Waals surface area (Å²) in [6.07, 6.45) is 0. The van der Waals surface area contributed by atoms with E-state index in [-0.39, 0.29) is 6.04 Å². The summed E-state index contributed by atoms with van der Waals surface area (Å²) in [5.74, 6) is 1.51. The molecule has 6 heteroatoms. The van der Waals surface area contributed by atoms with Gasteiger partial charge in [0.1, 0.15) is 0 Å². The second kappa shape index (κ2) is 6.06. The van der Waals surface area contributed by atoms with E-state index in [1.807, 2.05) is 10.7 Å². The van der Waals surface area contributed by atoms with Crippen molar-refractivity contribution in [2.24, 2.45) is 5.92 Å². The van der Waals surface area contributed by atoms with Crippen LogP contribution in [-0.4, -0.2) is 26.8 Å². The Hall–Kier alpha value is -1.27. The van der Waals surface area contributed by atoms with E-state index in [2.05, 4.69) is 53.1 Å². The summed E-state index contributed by atoms with van der Waals surface area (Å²) in [5, 5.41) is 17.5. The number of hydrogen-bond acceptors (Lipinski definition) is 5. The molecule has 0 amide bonds. The summed E-state index contributed by atoms with van der Waals surface area (Å²) in [4.78, 5) is 1.26. The molecule has 2 rings (SSSR count). The second-order valence-electron chi connectivity index (χ2n) is 4.80. The predicted octanol–water partition coefficient (Wildman–Crippen LogP) is 2.09. The van der Waals surface area contributed by atoms with Gasteiger partial charge in [0.25, 0.3) is 0 Å². The molecule has 0 radical (unpaired) electrons. The van der Waals surface area contributed by atoms with Crippen molar-refractivity contribution in [2.45, 2.75) is 33.4 Å². The van der Waals surface area contributed by atoms with E-state index >= 15 is 0 Å². The number of tetrazole rings is 1. The average molecular weight is 265 g/mol. The number of thiophene rings is 1. The fraction of sp³-hybridized carbons (Fsp3) is 0.583. The zero-order chi connectivity index (χ0) is 13.0. The van der Waals surface area contributed by atoms with Crippen molar-refractivity contribution >= 4 is 11.3 Å². The van der Waals surface area contributed by atoms with Gasteiger partial charge in [-0.25, -0.2) is 4.68 Å². The Labute approximate surface area is 111 Å². The first-order valence-electron chi connectivity index (χ1n) is 6.18. The molecular formula is C12H19N5S. The van der Waals surface area contributed by atoms with Crippen LogP contribution in [0.3, 0.4) is 0 Å². The maximum atomic E-state index is 4.12. The van der Waals surface area contributed by atoms with Gasteiger partial charge in [-0.05, 0) is 41.3 Å². The highest BCUT2D eigenvalue weighted by Crippen LogP contribution is 2.13. The van der Waals surface area contributed by atoms with E-state index in [0.29, 0.717) is 5.92 Å². The molecular weight excluding hydrogens is 246 g/mol. The van der Waals surface area contributed by atoms with Gasteiger partial charge in [0.15, 0.2) is 5.82 Å². The molecule has 0 aliphatic carbocycles. The summed E-state index contributed by atoms with van der Waals surface area (Å²) in [6, 6.07) is 4.31. The number of hydrogen-bond donors (Lipinski definition) is 1. The molecule has 0 aliphatic rings. The number of rotatable bonds is 6. The Bertz CT molecular complexity index is 463. The van der Waals surface area contributed by atoms with E-state index in [9.17, 15) is 0 Å². The Morgan fingerprint density at radius 3 is 2.89 bits per heavy atom. The van der Waals surface area contributed by atoms with Crippen molar-refractivity contribution in [2.75, 3.05) is 6.54 Å². The van der Waals surface area contributed by atoms with Crippen LogP contribution < -0.4 is 5.32 Å². The molecule has 1 unspecified atom stereocenters. The van der Waals surface area contributed by atoms with Crippen LogP contribution in [0.25, 0.3) is 0 Å². The van der Waals surface area contributed by atoms with E-state index < -0.39 is 0 Å². The molecule has 1 atom stereocenters. The molecule has 0 spiro atoms. The lowest BCUT2D eigenvalue weighted by Gasteiger charge is -2.14. The molecule has 0 bridgehead atoms. The zero-order valence-corrected chi connectivity index (χ0v) is 11.8. The summed E-state index contributed by atoms with van der Waals surface area (Å²) < 4.78 is 1.86. The van der Waals surface area contributed by atoms with E-state index in [1.54, 1.807) is 11.3 Å². The molecule has 0 fully saturated rings. The Kier molecular flexibility index (Phi) is 4.43. The zero-order valence-electron chi connectivity index (χ0n) is 11.0. The Morgan fingerprint density at radius 2 is 2.22 bits per heavy atom. The highest BCUT2D eigenvalue weighted by Gasteiger charge is 2.14. The minimum Gasteiger partial charge on any atom is -0.307 e. The molecule has 2 aromatic heterocycles. The summed E-state index contributed by atoms with van der Waals surface area (Å²) in [7, 11) is 0. The minimum absolute atomic E-state index is 0.169. The predicted molar refractivity (Wildman–Crippen MR) is 72.5 cm³/mol. The normalized spacial score (nSPS) is 13.1. The van der Waals surface area contributed by atoms with Gasteiger partial charge in [0.2, 0.25) is 0 Å². The third kappa shape index (κ3) is 3.36. The SMILES string of the molecule is CC(C)CNC(C)c1nnnn1Cc1cccs1. The minimum atomic E-state index is 0.169. The Morgan fingerprint density at radius 1 is 1.39 bits per heavy atom. The van der Waals surface area contributed by atoms with Crippen LogP contribution in [0, 0.1) is 5.92 Å². The standard InChI is InChI=1S/C12H19N5S/c1-9(2)7-13-10(3)12-14-15-16-17(12)8-11-5-4-6-18-11/h4-6,9-10,13H,7-8H2,1-3H3. The van der Waals surface area contributed by atoms with Crippen LogP contribution in [0.2, 0.25) is 0 Å². The van der Waals surface area contributed by atoms with Gasteiger partial charge in [0.05, 0.1) is 12.6 Å². The lowest BCUT2D eigenvalue weighted by atomic mass is 10.2. The van der Waals surface area contributed by atoms with Gasteiger partial charge >= 0.3 is 0 Å². The highest BCUT2D eigenvalue weighted by molar-refractivity contribution is 7.09. The van der Waals surface area contributed by atoms with Crippen molar-refractivity contribution in [3.63, 3.8) is 0 Å². The van der Waals surface area contributed by atoms with Gasteiger partial charge in [-0.1, -0.05) is 19.9 Å². The van der Waals surface area contributed by atoms with Crippen molar-refractivity contribution in [1.82, 2.24) is 25.5 Å². The molecule has 0 saturated carbocycles. The second-order valence-corrected chi connectivity index (χ2v) is 5.83. The fourth-order valence-electron chi connectivity index (χ4n) is 1.69. The maximum Gasteiger partial charge on any atom is 0.168 e. The number of nitrogens with zero attached hydrogens (tertiary/aromatic N) is 4. The lowest BCUT2D eigenvalue weighted by Crippen LogP contribution is -2.26. The lowest BCUT2D eigenvalue weighted by molar-refractivity contribution is 0.462. The molecule has 2 aromatic rings. The molecule has 0 aliphatic heterocycles. The third-order valence-corrected chi connectivity index (χ3v) is 3.53. The number of nitrogens with one attached hydrogen (secondary N) is 1. The van der Waals surface area contributed by atoms with Crippen LogP contribution in [0.15, 0.2) is 17.5 Å². The monoisotopic (exact) mass is 265 g/mol. The van der Waals surface area contributed by atoms with Crippen LogP contribution >= 0.6 is 11.3 Å². The fourth-order valence-corrected chi connectivity index (χ4v) is 2.37. The van der Waals surface area contributed by atoms with Crippen molar-refractivity contribution in [1.29, 1.82) is 0 Å². The van der Waals surface area contributed by atoms with Crippen molar-refractivity contribution in [3.05, 3.63) is 28.2 Å². The van der Waals surface area contributed by atoms with E-state index in [0.717, 1.165) is 18.9 Å². The van der Waals surface area contributed by atoms with Gasteiger partial charge in [-0.15, -0.1) is 16.4 Å². The summed E-state index contributed by atoms with van der Waals surface area (Å²) >= 11 is 1.72. The molecule has 98 valence electrons. The topological polar surface area (TPSA) is 55.6 Å². The smallest absolute Gasteiger partial charge is 0.168 e. The van der Waals surface area contributed by atoms with E-state index in [1.165, 1.54) is 4.88 Å². The first-order valence-corrected chi connectivity index (χ1v) is 7.06. The van der Waals surface area contributed by atoms with Crippen molar-refractivity contribution < 1.29 is 0 Å². The molecule has 1 N–H and O–H groups in total. The molecule has 5 nitrogen and oxygen atoms in total. The maximum absolute atomic E-state index is 4.12. The molecule has 18 heavy (non-hydrogen) atoms. The first-order chi connectivity index (χ1) is 8.66. The van der Waals surface area contributed by atoms with Gasteiger partial charge in [-0.3, -0.25) is 0 Å². The molecule has 0 aromatic carbocycles. The third-order valence-electron chi connectivity index (χ3n) is 2.66.